The highest BCUT2D eigenvalue weighted by Gasteiger charge is 2.32. The molecule has 0 spiro atoms. The molecule has 3 N–H and O–H groups in total. The first-order chi connectivity index (χ1) is 11.9. The van der Waals surface area contributed by atoms with Gasteiger partial charge in [-0.05, 0) is 18.8 Å². The second kappa shape index (κ2) is 8.30. The third-order valence-electron chi connectivity index (χ3n) is 4.02. The van der Waals surface area contributed by atoms with Crippen molar-refractivity contribution in [3.05, 3.63) is 20.8 Å². The third-order valence-corrected chi connectivity index (χ3v) is 4.02. The Labute approximate surface area is 145 Å². The normalized spacial score (nSPS) is 17.2. The van der Waals surface area contributed by atoms with Crippen molar-refractivity contribution in [2.75, 3.05) is 37.5 Å². The molecule has 2 rings (SSSR count). The first kappa shape index (κ1) is 19.2. The number of hydrogen-bond acceptors (Lipinski definition) is 6. The highest BCUT2D eigenvalue weighted by Crippen LogP contribution is 2.22. The number of aromatic nitrogens is 2. The molecule has 25 heavy (non-hydrogen) atoms. The van der Waals surface area contributed by atoms with Gasteiger partial charge in [-0.2, -0.15) is 0 Å². The molecule has 1 atom stereocenters. The van der Waals surface area contributed by atoms with E-state index in [4.69, 9.17) is 15.2 Å². The quantitative estimate of drug-likeness (QED) is 0.707. The molecule has 1 saturated heterocycles. The van der Waals surface area contributed by atoms with Crippen molar-refractivity contribution in [1.29, 1.82) is 0 Å². The second-order valence-corrected chi connectivity index (χ2v) is 6.48. The van der Waals surface area contributed by atoms with Crippen LogP contribution in [0.5, 0.6) is 0 Å². The predicted molar refractivity (Wildman–Crippen MR) is 93.8 cm³/mol. The van der Waals surface area contributed by atoms with Crippen LogP contribution in [0.2, 0.25) is 0 Å². The molecule has 140 valence electrons. The SMILES string of the molecule is COCCN(C(=O)[C@@H]1CCCO1)c1c(N)n(CC(C)C)c(=O)[nH]c1=O. The second-order valence-electron chi connectivity index (χ2n) is 6.48. The number of methoxy groups -OCH3 is 1. The Balaban J connectivity index is 2.50. The summed E-state index contributed by atoms with van der Waals surface area (Å²) >= 11 is 0. The lowest BCUT2D eigenvalue weighted by atomic mass is 10.2. The highest BCUT2D eigenvalue weighted by molar-refractivity contribution is 5.98. The van der Waals surface area contributed by atoms with Gasteiger partial charge in [-0.15, -0.1) is 0 Å². The molecule has 1 amide bonds. The number of amides is 1. The van der Waals surface area contributed by atoms with E-state index in [-0.39, 0.29) is 36.5 Å². The summed E-state index contributed by atoms with van der Waals surface area (Å²) in [6.07, 6.45) is 0.764. The van der Waals surface area contributed by atoms with Crippen LogP contribution < -0.4 is 21.9 Å². The number of aromatic amines is 1. The van der Waals surface area contributed by atoms with Crippen molar-refractivity contribution in [3.63, 3.8) is 0 Å². The molecule has 0 aliphatic carbocycles. The van der Waals surface area contributed by atoms with E-state index in [9.17, 15) is 14.4 Å². The van der Waals surface area contributed by atoms with Crippen LogP contribution in [0.25, 0.3) is 0 Å². The van der Waals surface area contributed by atoms with Crippen molar-refractivity contribution >= 4 is 17.4 Å². The predicted octanol–water partition coefficient (Wildman–Crippen LogP) is -0.0668. The van der Waals surface area contributed by atoms with E-state index < -0.39 is 17.4 Å². The summed E-state index contributed by atoms with van der Waals surface area (Å²) in [5.41, 5.74) is 4.80. The molecule has 1 aromatic heterocycles. The maximum Gasteiger partial charge on any atom is 0.330 e. The minimum absolute atomic E-state index is 0.0232. The molecule has 0 saturated carbocycles. The Morgan fingerprint density at radius 3 is 2.76 bits per heavy atom. The number of anilines is 2. The molecular weight excluding hydrogens is 328 g/mol. The number of carbonyl (C=O) groups excluding carboxylic acids is 1. The number of nitrogens with one attached hydrogen (secondary N) is 1. The largest absolute Gasteiger partial charge is 0.383 e. The van der Waals surface area contributed by atoms with Crippen LogP contribution in [0.15, 0.2) is 9.59 Å². The number of hydrogen-bond donors (Lipinski definition) is 2. The molecule has 1 aliphatic rings. The number of rotatable bonds is 7. The van der Waals surface area contributed by atoms with Crippen LogP contribution in [-0.4, -0.2) is 48.4 Å². The molecule has 0 aromatic carbocycles. The molecule has 9 nitrogen and oxygen atoms in total. The molecular formula is C16H26N4O5. The lowest BCUT2D eigenvalue weighted by Gasteiger charge is -2.26. The molecule has 1 fully saturated rings. The maximum atomic E-state index is 12.8. The summed E-state index contributed by atoms with van der Waals surface area (Å²) < 4.78 is 11.8. The molecule has 0 unspecified atom stereocenters. The minimum Gasteiger partial charge on any atom is -0.383 e. The Kier molecular flexibility index (Phi) is 6.38. The summed E-state index contributed by atoms with van der Waals surface area (Å²) in [5, 5.41) is 0. The molecule has 1 aliphatic heterocycles. The van der Waals surface area contributed by atoms with Gasteiger partial charge < -0.3 is 15.2 Å². The summed E-state index contributed by atoms with van der Waals surface area (Å²) in [5.74, 6) is -0.230. The number of nitrogens with two attached hydrogens (primary N) is 1. The fraction of sp³-hybridized carbons (Fsp3) is 0.688. The average molecular weight is 354 g/mol. The van der Waals surface area contributed by atoms with Gasteiger partial charge in [-0.1, -0.05) is 13.8 Å². The van der Waals surface area contributed by atoms with E-state index in [1.54, 1.807) is 0 Å². The Morgan fingerprint density at radius 1 is 1.48 bits per heavy atom. The lowest BCUT2D eigenvalue weighted by Crippen LogP contribution is -2.46. The van der Waals surface area contributed by atoms with E-state index in [2.05, 4.69) is 4.98 Å². The van der Waals surface area contributed by atoms with E-state index in [0.29, 0.717) is 19.6 Å². The van der Waals surface area contributed by atoms with Gasteiger partial charge in [0.05, 0.1) is 6.61 Å². The summed E-state index contributed by atoms with van der Waals surface area (Å²) in [6.45, 7) is 5.06. The fourth-order valence-electron chi connectivity index (χ4n) is 2.85. The molecule has 0 radical (unpaired) electrons. The van der Waals surface area contributed by atoms with Gasteiger partial charge in [-0.3, -0.25) is 24.0 Å². The van der Waals surface area contributed by atoms with Gasteiger partial charge in [0.15, 0.2) is 5.69 Å². The zero-order valence-electron chi connectivity index (χ0n) is 14.9. The number of H-pyrrole nitrogens is 1. The van der Waals surface area contributed by atoms with Crippen molar-refractivity contribution in [2.24, 2.45) is 5.92 Å². The first-order valence-electron chi connectivity index (χ1n) is 8.41. The number of ether oxygens (including phenoxy) is 2. The first-order valence-corrected chi connectivity index (χ1v) is 8.41. The smallest absolute Gasteiger partial charge is 0.330 e. The maximum absolute atomic E-state index is 12.8. The number of nitrogen functional groups attached to an aromatic ring is 1. The lowest BCUT2D eigenvalue weighted by molar-refractivity contribution is -0.127. The Hall–Kier alpha value is -2.13. The van der Waals surface area contributed by atoms with E-state index in [1.165, 1.54) is 16.6 Å². The monoisotopic (exact) mass is 354 g/mol. The third kappa shape index (κ3) is 4.29. The van der Waals surface area contributed by atoms with Crippen molar-refractivity contribution in [3.8, 4) is 0 Å². The standard InChI is InChI=1S/C16H26N4O5/c1-10(2)9-20-13(17)12(14(21)18-16(20)23)19(6-8-24-3)15(22)11-5-4-7-25-11/h10-11H,4-9,17H2,1-3H3,(H,18,21,23)/t11-/m0/s1. The van der Waals surface area contributed by atoms with Crippen molar-refractivity contribution in [1.82, 2.24) is 9.55 Å². The van der Waals surface area contributed by atoms with Gasteiger partial charge in [0.1, 0.15) is 11.9 Å². The molecule has 2 heterocycles. The van der Waals surface area contributed by atoms with Gasteiger partial charge in [-0.25, -0.2) is 4.79 Å². The summed E-state index contributed by atoms with van der Waals surface area (Å²) in [7, 11) is 1.50. The van der Waals surface area contributed by atoms with Gasteiger partial charge in [0, 0.05) is 26.8 Å². The van der Waals surface area contributed by atoms with Crippen LogP contribution in [0.3, 0.4) is 0 Å². The van der Waals surface area contributed by atoms with E-state index in [0.717, 1.165) is 6.42 Å². The van der Waals surface area contributed by atoms with Crippen LogP contribution in [0, 0.1) is 5.92 Å². The highest BCUT2D eigenvalue weighted by atomic mass is 16.5. The minimum atomic E-state index is -0.690. The van der Waals surface area contributed by atoms with Gasteiger partial charge in [0.2, 0.25) is 0 Å². The van der Waals surface area contributed by atoms with Crippen LogP contribution in [-0.2, 0) is 20.8 Å². The van der Waals surface area contributed by atoms with Gasteiger partial charge in [0.25, 0.3) is 11.5 Å². The Morgan fingerprint density at radius 2 is 2.20 bits per heavy atom. The number of nitrogens with zero attached hydrogens (tertiary/aromatic N) is 2. The van der Waals surface area contributed by atoms with E-state index in [1.807, 2.05) is 13.8 Å². The topological polar surface area (TPSA) is 120 Å². The number of carbonyl (C=O) groups is 1. The zero-order valence-corrected chi connectivity index (χ0v) is 14.9. The average Bonchev–Trinajstić information content (AvgIpc) is 3.08. The summed E-state index contributed by atoms with van der Waals surface area (Å²) in [4.78, 5) is 40.8. The van der Waals surface area contributed by atoms with Crippen molar-refractivity contribution in [2.45, 2.75) is 39.3 Å². The van der Waals surface area contributed by atoms with Crippen LogP contribution >= 0.6 is 0 Å². The fourth-order valence-corrected chi connectivity index (χ4v) is 2.85. The molecule has 9 heteroatoms. The summed E-state index contributed by atoms with van der Waals surface area (Å²) in [6, 6.07) is 0. The van der Waals surface area contributed by atoms with Crippen LogP contribution in [0.4, 0.5) is 11.5 Å². The van der Waals surface area contributed by atoms with Gasteiger partial charge >= 0.3 is 5.69 Å². The molecule has 0 bridgehead atoms. The van der Waals surface area contributed by atoms with Crippen LogP contribution in [0.1, 0.15) is 26.7 Å². The molecule has 1 aromatic rings. The zero-order chi connectivity index (χ0) is 18.6. The van der Waals surface area contributed by atoms with E-state index >= 15 is 0 Å². The van der Waals surface area contributed by atoms with Crippen molar-refractivity contribution < 1.29 is 14.3 Å². The Bertz CT molecular complexity index is 718.